The quantitative estimate of drug-likeness (QED) is 0.794. The number of hydrogen-bond acceptors (Lipinski definition) is 3. The number of aromatic nitrogens is 2. The summed E-state index contributed by atoms with van der Waals surface area (Å²) in [6, 6.07) is 0. The maximum Gasteiger partial charge on any atom is 0.356 e. The Labute approximate surface area is 92.5 Å². The van der Waals surface area contributed by atoms with E-state index in [2.05, 4.69) is 4.98 Å². The van der Waals surface area contributed by atoms with E-state index < -0.39 is 5.97 Å². The lowest BCUT2D eigenvalue weighted by molar-refractivity contribution is -0.130. The van der Waals surface area contributed by atoms with Crippen LogP contribution in [-0.4, -0.2) is 44.5 Å². The van der Waals surface area contributed by atoms with Crippen LogP contribution < -0.4 is 0 Å². The maximum atomic E-state index is 11.7. The van der Waals surface area contributed by atoms with Crippen molar-refractivity contribution in [3.8, 4) is 0 Å². The molecule has 0 bridgehead atoms. The summed E-state index contributed by atoms with van der Waals surface area (Å²) in [5, 5.41) is 8.67. The van der Waals surface area contributed by atoms with Crippen molar-refractivity contribution in [1.29, 1.82) is 0 Å². The Morgan fingerprint density at radius 2 is 2.06 bits per heavy atom. The number of carbonyl (C=O) groups excluding carboxylic acids is 1. The fraction of sp³-hybridized carbons (Fsp3) is 0.500. The molecule has 0 unspecified atom stereocenters. The Kier molecular flexibility index (Phi) is 2.89. The number of rotatable bonds is 3. The molecule has 6 nitrogen and oxygen atoms in total. The fourth-order valence-corrected chi connectivity index (χ4v) is 1.78. The van der Waals surface area contributed by atoms with Gasteiger partial charge >= 0.3 is 5.97 Å². The highest BCUT2D eigenvalue weighted by Crippen LogP contribution is 2.08. The smallest absolute Gasteiger partial charge is 0.356 e. The molecule has 1 aromatic rings. The molecular weight excluding hydrogens is 210 g/mol. The summed E-state index contributed by atoms with van der Waals surface area (Å²) in [6.45, 7) is 1.78. The highest BCUT2D eigenvalue weighted by molar-refractivity contribution is 5.85. The minimum Gasteiger partial charge on any atom is -0.476 e. The summed E-state index contributed by atoms with van der Waals surface area (Å²) in [4.78, 5) is 27.8. The molecule has 86 valence electrons. The van der Waals surface area contributed by atoms with Crippen LogP contribution in [-0.2, 0) is 11.3 Å². The van der Waals surface area contributed by atoms with E-state index in [-0.39, 0.29) is 18.1 Å². The second-order valence-corrected chi connectivity index (χ2v) is 3.82. The average molecular weight is 223 g/mol. The molecule has 1 aromatic heterocycles. The van der Waals surface area contributed by atoms with E-state index in [0.29, 0.717) is 0 Å². The van der Waals surface area contributed by atoms with E-state index in [1.165, 1.54) is 17.1 Å². The van der Waals surface area contributed by atoms with Gasteiger partial charge < -0.3 is 14.6 Å². The Balaban J connectivity index is 1.97. The zero-order valence-corrected chi connectivity index (χ0v) is 8.80. The Hall–Kier alpha value is -1.85. The summed E-state index contributed by atoms with van der Waals surface area (Å²) < 4.78 is 1.50. The molecule has 1 amide bonds. The van der Waals surface area contributed by atoms with E-state index in [0.717, 1.165) is 25.9 Å². The first-order chi connectivity index (χ1) is 7.66. The Morgan fingerprint density at radius 3 is 2.62 bits per heavy atom. The molecule has 2 heterocycles. The molecule has 2 rings (SSSR count). The summed E-state index contributed by atoms with van der Waals surface area (Å²) >= 11 is 0. The third-order valence-corrected chi connectivity index (χ3v) is 2.63. The van der Waals surface area contributed by atoms with Crippen molar-refractivity contribution < 1.29 is 14.7 Å². The molecule has 0 atom stereocenters. The molecule has 0 aromatic carbocycles. The SMILES string of the molecule is O=C(O)c1cn(CC(=O)N2CCCC2)cn1. The zero-order chi connectivity index (χ0) is 11.5. The van der Waals surface area contributed by atoms with Crippen molar-refractivity contribution in [2.45, 2.75) is 19.4 Å². The average Bonchev–Trinajstić information content (AvgIpc) is 2.87. The molecule has 0 radical (unpaired) electrons. The number of carbonyl (C=O) groups is 2. The van der Waals surface area contributed by atoms with Crippen molar-refractivity contribution in [2.75, 3.05) is 13.1 Å². The third kappa shape index (κ3) is 2.21. The number of carboxylic acid groups (broad SMARTS) is 1. The van der Waals surface area contributed by atoms with Crippen molar-refractivity contribution in [1.82, 2.24) is 14.5 Å². The van der Waals surface area contributed by atoms with Crippen LogP contribution in [0, 0.1) is 0 Å². The van der Waals surface area contributed by atoms with Crippen LogP contribution in [0.1, 0.15) is 23.3 Å². The molecule has 6 heteroatoms. The number of nitrogens with zero attached hydrogens (tertiary/aromatic N) is 3. The second kappa shape index (κ2) is 4.34. The summed E-state index contributed by atoms with van der Waals surface area (Å²) in [5.74, 6) is -1.06. The van der Waals surface area contributed by atoms with Crippen LogP contribution in [0.3, 0.4) is 0 Å². The highest BCUT2D eigenvalue weighted by atomic mass is 16.4. The van der Waals surface area contributed by atoms with Gasteiger partial charge in [0.1, 0.15) is 6.54 Å². The molecular formula is C10H13N3O3. The molecule has 1 saturated heterocycles. The van der Waals surface area contributed by atoms with E-state index in [9.17, 15) is 9.59 Å². The lowest BCUT2D eigenvalue weighted by atomic mass is 10.4. The van der Waals surface area contributed by atoms with Gasteiger partial charge in [-0.25, -0.2) is 9.78 Å². The first kappa shape index (κ1) is 10.7. The molecule has 16 heavy (non-hydrogen) atoms. The van der Waals surface area contributed by atoms with Gasteiger partial charge in [0, 0.05) is 19.3 Å². The van der Waals surface area contributed by atoms with Crippen molar-refractivity contribution >= 4 is 11.9 Å². The van der Waals surface area contributed by atoms with Gasteiger partial charge in [-0.2, -0.15) is 0 Å². The standard InChI is InChI=1S/C10H13N3O3/c14-9(13-3-1-2-4-13)6-12-5-8(10(15)16)11-7-12/h5,7H,1-4,6H2,(H,15,16). The van der Waals surface area contributed by atoms with Crippen molar-refractivity contribution in [3.63, 3.8) is 0 Å². The number of carboxylic acids is 1. The summed E-state index contributed by atoms with van der Waals surface area (Å²) in [7, 11) is 0. The van der Waals surface area contributed by atoms with Gasteiger partial charge in [0.2, 0.25) is 5.91 Å². The Bertz CT molecular complexity index is 407. The van der Waals surface area contributed by atoms with Gasteiger partial charge in [-0.15, -0.1) is 0 Å². The predicted octanol–water partition coefficient (Wildman–Crippen LogP) is 0.204. The molecule has 1 aliphatic heterocycles. The van der Waals surface area contributed by atoms with E-state index in [4.69, 9.17) is 5.11 Å². The van der Waals surface area contributed by atoms with Gasteiger partial charge in [0.15, 0.2) is 5.69 Å². The minimum atomic E-state index is -1.08. The maximum absolute atomic E-state index is 11.7. The predicted molar refractivity (Wildman–Crippen MR) is 55.0 cm³/mol. The lowest BCUT2D eigenvalue weighted by Crippen LogP contribution is -2.30. The molecule has 0 aliphatic carbocycles. The number of aromatic carboxylic acids is 1. The monoisotopic (exact) mass is 223 g/mol. The molecule has 0 spiro atoms. The summed E-state index contributed by atoms with van der Waals surface area (Å²) in [5.41, 5.74) is -0.0331. The van der Waals surface area contributed by atoms with Crippen LogP contribution in [0.4, 0.5) is 0 Å². The molecule has 1 aliphatic rings. The largest absolute Gasteiger partial charge is 0.476 e. The molecule has 1 N–H and O–H groups in total. The number of hydrogen-bond donors (Lipinski definition) is 1. The van der Waals surface area contributed by atoms with E-state index in [1.54, 1.807) is 4.90 Å². The van der Waals surface area contributed by atoms with Gasteiger partial charge in [-0.05, 0) is 12.8 Å². The second-order valence-electron chi connectivity index (χ2n) is 3.82. The number of amides is 1. The minimum absolute atomic E-state index is 0.0202. The van der Waals surface area contributed by atoms with Gasteiger partial charge in [-0.3, -0.25) is 4.79 Å². The van der Waals surface area contributed by atoms with Crippen LogP contribution in [0.25, 0.3) is 0 Å². The van der Waals surface area contributed by atoms with Gasteiger partial charge in [0.05, 0.1) is 6.33 Å². The third-order valence-electron chi connectivity index (χ3n) is 2.63. The zero-order valence-electron chi connectivity index (χ0n) is 8.80. The normalized spacial score (nSPS) is 15.4. The number of imidazole rings is 1. The van der Waals surface area contributed by atoms with Crippen LogP contribution in [0.15, 0.2) is 12.5 Å². The van der Waals surface area contributed by atoms with Gasteiger partial charge in [-0.1, -0.05) is 0 Å². The fourth-order valence-electron chi connectivity index (χ4n) is 1.78. The van der Waals surface area contributed by atoms with Crippen LogP contribution in [0.2, 0.25) is 0 Å². The topological polar surface area (TPSA) is 75.4 Å². The van der Waals surface area contributed by atoms with Crippen molar-refractivity contribution in [3.05, 3.63) is 18.2 Å². The Morgan fingerprint density at radius 1 is 1.38 bits per heavy atom. The van der Waals surface area contributed by atoms with E-state index >= 15 is 0 Å². The summed E-state index contributed by atoms with van der Waals surface area (Å²) in [6.07, 6.45) is 4.85. The van der Waals surface area contributed by atoms with E-state index in [1.807, 2.05) is 0 Å². The first-order valence-electron chi connectivity index (χ1n) is 5.19. The van der Waals surface area contributed by atoms with Crippen LogP contribution in [0.5, 0.6) is 0 Å². The first-order valence-corrected chi connectivity index (χ1v) is 5.19. The van der Waals surface area contributed by atoms with Crippen molar-refractivity contribution in [2.24, 2.45) is 0 Å². The molecule has 0 saturated carbocycles. The lowest BCUT2D eigenvalue weighted by Gasteiger charge is -2.14. The highest BCUT2D eigenvalue weighted by Gasteiger charge is 2.18. The molecule has 1 fully saturated rings. The number of likely N-dealkylation sites (tertiary alicyclic amines) is 1. The van der Waals surface area contributed by atoms with Crippen LogP contribution >= 0.6 is 0 Å². The van der Waals surface area contributed by atoms with Gasteiger partial charge in [0.25, 0.3) is 0 Å².